The molecular formula is C16H25N3O4S. The maximum atomic E-state index is 12.4. The number of rotatable bonds is 3. The topological polar surface area (TPSA) is 92.9 Å². The van der Waals surface area contributed by atoms with Gasteiger partial charge >= 0.3 is 0 Å². The van der Waals surface area contributed by atoms with Crippen LogP contribution in [-0.2, 0) is 21.2 Å². The number of ether oxygens (including phenoxy) is 1. The number of nitrogens with two attached hydrogens (primary N) is 1. The number of likely N-dealkylation sites (N-methyl/N-ethyl adjacent to an activating group) is 2. The van der Waals surface area contributed by atoms with Gasteiger partial charge in [-0.15, -0.1) is 0 Å². The molecule has 0 aromatic heterocycles. The third-order valence-electron chi connectivity index (χ3n) is 4.33. The predicted octanol–water partition coefficient (Wildman–Crippen LogP) is 0.558. The Labute approximate surface area is 143 Å². The van der Waals surface area contributed by atoms with Crippen LogP contribution in [0.15, 0.2) is 18.2 Å². The van der Waals surface area contributed by atoms with Crippen LogP contribution in [0.4, 0.5) is 5.69 Å². The van der Waals surface area contributed by atoms with Gasteiger partial charge in [0.15, 0.2) is 0 Å². The van der Waals surface area contributed by atoms with E-state index in [2.05, 4.69) is 0 Å². The number of fused-ring (bicyclic) bond motifs is 1. The van der Waals surface area contributed by atoms with Crippen molar-refractivity contribution in [2.24, 2.45) is 5.92 Å². The molecule has 134 valence electrons. The van der Waals surface area contributed by atoms with Crippen molar-refractivity contribution >= 4 is 21.6 Å². The molecule has 1 aliphatic heterocycles. The maximum absolute atomic E-state index is 12.4. The number of sulfonamides is 1. The van der Waals surface area contributed by atoms with E-state index in [0.717, 1.165) is 6.26 Å². The average molecular weight is 355 g/mol. The average Bonchev–Trinajstić information content (AvgIpc) is 2.50. The fourth-order valence-corrected chi connectivity index (χ4v) is 3.10. The van der Waals surface area contributed by atoms with E-state index in [9.17, 15) is 13.2 Å². The highest BCUT2D eigenvalue weighted by molar-refractivity contribution is 7.88. The molecule has 0 aliphatic carbocycles. The van der Waals surface area contributed by atoms with Gasteiger partial charge in [0.1, 0.15) is 11.9 Å². The van der Waals surface area contributed by atoms with Crippen molar-refractivity contribution in [3.05, 3.63) is 23.8 Å². The second-order valence-corrected chi connectivity index (χ2v) is 8.58. The third-order valence-corrected chi connectivity index (χ3v) is 5.61. The van der Waals surface area contributed by atoms with Crippen molar-refractivity contribution in [3.63, 3.8) is 0 Å². The standard InChI is InChI=1S/C16H25N3O4S/c1-11-9-18(2)16(20)8-12-7-13(17)5-6-14(12)23-15(11)10-19(3)24(4,21)22/h5-7,11,15H,8-10,17H2,1-4H3/t11-,15+/m1/s1. The molecule has 24 heavy (non-hydrogen) atoms. The molecule has 0 saturated carbocycles. The zero-order chi connectivity index (χ0) is 18.1. The minimum absolute atomic E-state index is 0.0191. The molecule has 0 saturated heterocycles. The van der Waals surface area contributed by atoms with Crippen LogP contribution in [0.25, 0.3) is 0 Å². The normalized spacial score (nSPS) is 22.4. The number of carbonyl (C=O) groups excluding carboxylic acids is 1. The first kappa shape index (κ1) is 18.5. The zero-order valence-corrected chi connectivity index (χ0v) is 15.3. The van der Waals surface area contributed by atoms with Crippen molar-refractivity contribution in [2.75, 3.05) is 39.2 Å². The van der Waals surface area contributed by atoms with Gasteiger partial charge in [0, 0.05) is 37.8 Å². The van der Waals surface area contributed by atoms with Gasteiger partial charge in [-0.3, -0.25) is 4.79 Å². The zero-order valence-electron chi connectivity index (χ0n) is 14.5. The van der Waals surface area contributed by atoms with Gasteiger partial charge in [-0.2, -0.15) is 0 Å². The monoisotopic (exact) mass is 355 g/mol. The Morgan fingerprint density at radius 3 is 2.71 bits per heavy atom. The fourth-order valence-electron chi connectivity index (χ4n) is 2.69. The Balaban J connectivity index is 2.37. The molecule has 0 spiro atoms. The van der Waals surface area contributed by atoms with Crippen molar-refractivity contribution in [2.45, 2.75) is 19.4 Å². The Bertz CT molecular complexity index is 720. The first-order valence-corrected chi connectivity index (χ1v) is 9.63. The first-order valence-electron chi connectivity index (χ1n) is 7.78. The lowest BCUT2D eigenvalue weighted by atomic mass is 10.0. The van der Waals surface area contributed by atoms with E-state index in [1.807, 2.05) is 6.92 Å². The first-order chi connectivity index (χ1) is 11.1. The van der Waals surface area contributed by atoms with Crippen LogP contribution < -0.4 is 10.5 Å². The number of hydrogen-bond donors (Lipinski definition) is 1. The summed E-state index contributed by atoms with van der Waals surface area (Å²) in [5.41, 5.74) is 7.10. The third kappa shape index (κ3) is 4.39. The summed E-state index contributed by atoms with van der Waals surface area (Å²) in [6.45, 7) is 2.66. The molecule has 0 radical (unpaired) electrons. The molecule has 0 bridgehead atoms. The summed E-state index contributed by atoms with van der Waals surface area (Å²) in [7, 11) is -0.0432. The van der Waals surface area contributed by atoms with Gasteiger partial charge in [0.25, 0.3) is 0 Å². The molecule has 2 N–H and O–H groups in total. The lowest BCUT2D eigenvalue weighted by molar-refractivity contribution is -0.129. The molecule has 2 atom stereocenters. The molecule has 0 fully saturated rings. The molecule has 1 aromatic rings. The van der Waals surface area contributed by atoms with E-state index in [-0.39, 0.29) is 30.9 Å². The van der Waals surface area contributed by atoms with Crippen LogP contribution in [-0.4, -0.2) is 63.1 Å². The number of benzene rings is 1. The van der Waals surface area contributed by atoms with E-state index in [1.54, 1.807) is 30.1 Å². The highest BCUT2D eigenvalue weighted by atomic mass is 32.2. The summed E-state index contributed by atoms with van der Waals surface area (Å²) in [6.07, 6.45) is 0.996. The number of nitrogens with zero attached hydrogens (tertiary/aromatic N) is 2. The van der Waals surface area contributed by atoms with Crippen molar-refractivity contribution in [1.82, 2.24) is 9.21 Å². The van der Waals surface area contributed by atoms with Crippen molar-refractivity contribution in [1.29, 1.82) is 0 Å². The Morgan fingerprint density at radius 1 is 1.42 bits per heavy atom. The fraction of sp³-hybridized carbons (Fsp3) is 0.562. The van der Waals surface area contributed by atoms with E-state index in [0.29, 0.717) is 23.5 Å². The van der Waals surface area contributed by atoms with Crippen LogP contribution in [0, 0.1) is 5.92 Å². The van der Waals surface area contributed by atoms with Crippen molar-refractivity contribution in [3.8, 4) is 5.75 Å². The van der Waals surface area contributed by atoms with Crippen LogP contribution >= 0.6 is 0 Å². The van der Waals surface area contributed by atoms with E-state index < -0.39 is 10.0 Å². The van der Waals surface area contributed by atoms with E-state index in [4.69, 9.17) is 10.5 Å². The summed E-state index contributed by atoms with van der Waals surface area (Å²) in [6, 6.07) is 5.19. The summed E-state index contributed by atoms with van der Waals surface area (Å²) >= 11 is 0. The highest BCUT2D eigenvalue weighted by Crippen LogP contribution is 2.27. The van der Waals surface area contributed by atoms with Crippen LogP contribution in [0.2, 0.25) is 0 Å². The minimum atomic E-state index is -3.31. The number of hydrogen-bond acceptors (Lipinski definition) is 5. The highest BCUT2D eigenvalue weighted by Gasteiger charge is 2.29. The molecule has 1 heterocycles. The molecule has 1 amide bonds. The van der Waals surface area contributed by atoms with E-state index >= 15 is 0 Å². The van der Waals surface area contributed by atoms with Gasteiger partial charge in [0.05, 0.1) is 19.2 Å². The second-order valence-electron chi connectivity index (χ2n) is 6.50. The number of anilines is 1. The summed E-state index contributed by atoms with van der Waals surface area (Å²) in [4.78, 5) is 14.0. The van der Waals surface area contributed by atoms with Gasteiger partial charge in [-0.05, 0) is 18.2 Å². The van der Waals surface area contributed by atoms with Gasteiger partial charge < -0.3 is 15.4 Å². The van der Waals surface area contributed by atoms with Crippen LogP contribution in [0.1, 0.15) is 12.5 Å². The lowest BCUT2D eigenvalue weighted by Gasteiger charge is -2.30. The molecule has 1 aromatic carbocycles. The van der Waals surface area contributed by atoms with Gasteiger partial charge in [0.2, 0.25) is 15.9 Å². The van der Waals surface area contributed by atoms with Crippen molar-refractivity contribution < 1.29 is 17.9 Å². The van der Waals surface area contributed by atoms with Gasteiger partial charge in [-0.25, -0.2) is 12.7 Å². The lowest BCUT2D eigenvalue weighted by Crippen LogP contribution is -2.43. The quantitative estimate of drug-likeness (QED) is 0.800. The summed E-state index contributed by atoms with van der Waals surface area (Å²) in [5, 5.41) is 0. The number of nitrogen functional groups attached to an aromatic ring is 1. The van der Waals surface area contributed by atoms with Gasteiger partial charge in [-0.1, -0.05) is 6.92 Å². The SMILES string of the molecule is C[C@@H]1CN(C)C(=O)Cc2cc(N)ccc2O[C@H]1CN(C)S(C)(=O)=O. The summed E-state index contributed by atoms with van der Waals surface area (Å²) in [5.74, 6) is 0.521. The maximum Gasteiger partial charge on any atom is 0.226 e. The minimum Gasteiger partial charge on any atom is -0.488 e. The molecule has 2 rings (SSSR count). The summed E-state index contributed by atoms with van der Waals surface area (Å²) < 4.78 is 30.8. The molecule has 7 nitrogen and oxygen atoms in total. The van der Waals surface area contributed by atoms with E-state index in [1.165, 1.54) is 11.4 Å². The molecular weight excluding hydrogens is 330 g/mol. The Morgan fingerprint density at radius 2 is 2.08 bits per heavy atom. The van der Waals surface area contributed by atoms with Crippen LogP contribution in [0.3, 0.4) is 0 Å². The number of carbonyl (C=O) groups is 1. The molecule has 0 unspecified atom stereocenters. The Hall–Kier alpha value is -1.80. The van der Waals surface area contributed by atoms with Crippen LogP contribution in [0.5, 0.6) is 5.75 Å². The number of amides is 1. The largest absolute Gasteiger partial charge is 0.488 e. The Kier molecular flexibility index (Phi) is 5.39. The smallest absolute Gasteiger partial charge is 0.226 e. The second kappa shape index (κ2) is 6.98. The molecule has 8 heteroatoms. The predicted molar refractivity (Wildman–Crippen MR) is 93.2 cm³/mol. The molecule has 1 aliphatic rings.